The summed E-state index contributed by atoms with van der Waals surface area (Å²) < 4.78 is 5.91. The van der Waals surface area contributed by atoms with Gasteiger partial charge in [-0.25, -0.2) is 4.79 Å². The topological polar surface area (TPSA) is 142 Å². The fourth-order valence-electron chi connectivity index (χ4n) is 6.27. The zero-order valence-electron chi connectivity index (χ0n) is 34.0. The van der Waals surface area contributed by atoms with Crippen molar-refractivity contribution in [1.82, 2.24) is 10.6 Å². The Bertz CT molecular complexity index is 952. The lowest BCUT2D eigenvalue weighted by Crippen LogP contribution is -2.47. The Morgan fingerprint density at radius 2 is 1.02 bits per heavy atom. The fourth-order valence-corrected chi connectivity index (χ4v) is 6.27. The van der Waals surface area contributed by atoms with Crippen molar-refractivity contribution in [3.05, 3.63) is 24.3 Å². The van der Waals surface area contributed by atoms with Gasteiger partial charge in [0.1, 0.15) is 12.1 Å². The number of hydrogen-bond acceptors (Lipinski definition) is 6. The van der Waals surface area contributed by atoms with Gasteiger partial charge in [-0.15, -0.1) is 0 Å². The highest BCUT2D eigenvalue weighted by atomic mass is 16.5. The molecule has 0 aliphatic rings. The van der Waals surface area contributed by atoms with Crippen LogP contribution in [0.15, 0.2) is 24.3 Å². The van der Waals surface area contributed by atoms with Crippen LogP contribution in [0.1, 0.15) is 206 Å². The standard InChI is InChI=1S/C44H80N2O7/c1-3-5-7-9-11-13-14-15-16-17-18-19-20-22-24-26-32-36-43(50)53-39(33-29-25-23-21-12-10-8-6-4-2)34-30-27-28-31-35-41(48)45-37-42(49)46-40(38-47)44(51)52/h15-16,29,33,39-40,47H,3-14,17-28,30-32,34-38H2,1-2H3,(H,45,48)(H,46,49)(H,51,52)/b16-15-,33-29-. The van der Waals surface area contributed by atoms with Crippen molar-refractivity contribution in [3.63, 3.8) is 0 Å². The number of carboxylic acid groups (broad SMARTS) is 1. The van der Waals surface area contributed by atoms with Gasteiger partial charge in [-0.3, -0.25) is 14.4 Å². The van der Waals surface area contributed by atoms with Crippen LogP contribution in [0.3, 0.4) is 0 Å². The summed E-state index contributed by atoms with van der Waals surface area (Å²) in [6, 6.07) is -1.39. The van der Waals surface area contributed by atoms with Gasteiger partial charge in [-0.2, -0.15) is 0 Å². The minimum absolute atomic E-state index is 0.113. The van der Waals surface area contributed by atoms with E-state index >= 15 is 0 Å². The summed E-state index contributed by atoms with van der Waals surface area (Å²) in [6.07, 6.45) is 42.2. The predicted octanol–water partition coefficient (Wildman–Crippen LogP) is 10.4. The summed E-state index contributed by atoms with van der Waals surface area (Å²) in [7, 11) is 0. The SMILES string of the molecule is CCCCCCCC/C=C\CCCCCCCCCC(=O)OC(/C=C\CCCCCCCCC)CCCCCCC(=O)NCC(=O)NC(CO)C(=O)O. The lowest BCUT2D eigenvalue weighted by molar-refractivity contribution is -0.147. The highest BCUT2D eigenvalue weighted by Gasteiger charge is 2.18. The van der Waals surface area contributed by atoms with Gasteiger partial charge in [0.15, 0.2) is 0 Å². The maximum Gasteiger partial charge on any atom is 0.328 e. The molecule has 2 unspecified atom stereocenters. The van der Waals surface area contributed by atoms with Gasteiger partial charge in [0.05, 0.1) is 13.2 Å². The smallest absolute Gasteiger partial charge is 0.328 e. The molecule has 0 heterocycles. The maximum atomic E-state index is 12.7. The first-order valence-corrected chi connectivity index (χ1v) is 21.7. The molecule has 0 bridgehead atoms. The number of unbranched alkanes of at least 4 members (excludes halogenated alkanes) is 23. The third-order valence-corrected chi connectivity index (χ3v) is 9.66. The van der Waals surface area contributed by atoms with Crippen molar-refractivity contribution >= 4 is 23.8 Å². The molecule has 2 amide bonds. The number of aliphatic hydroxyl groups excluding tert-OH is 1. The number of allylic oxidation sites excluding steroid dienone is 3. The second-order valence-electron chi connectivity index (χ2n) is 14.8. The molecule has 0 saturated heterocycles. The zero-order valence-corrected chi connectivity index (χ0v) is 34.0. The van der Waals surface area contributed by atoms with Gasteiger partial charge in [0.25, 0.3) is 0 Å². The van der Waals surface area contributed by atoms with Crippen molar-refractivity contribution in [3.8, 4) is 0 Å². The van der Waals surface area contributed by atoms with E-state index in [9.17, 15) is 19.2 Å². The van der Waals surface area contributed by atoms with E-state index < -0.39 is 24.5 Å². The third-order valence-electron chi connectivity index (χ3n) is 9.66. The number of rotatable bonds is 39. The highest BCUT2D eigenvalue weighted by molar-refractivity contribution is 5.87. The van der Waals surface area contributed by atoms with Gasteiger partial charge in [-0.05, 0) is 70.3 Å². The van der Waals surface area contributed by atoms with Crippen LogP contribution >= 0.6 is 0 Å². The molecule has 53 heavy (non-hydrogen) atoms. The number of ether oxygens (including phenoxy) is 1. The van der Waals surface area contributed by atoms with E-state index in [-0.39, 0.29) is 30.9 Å². The second-order valence-corrected chi connectivity index (χ2v) is 14.8. The summed E-state index contributed by atoms with van der Waals surface area (Å²) in [5.74, 6) is -2.39. The van der Waals surface area contributed by atoms with Crippen LogP contribution in [-0.2, 0) is 23.9 Å². The molecule has 0 rings (SSSR count). The number of carboxylic acids is 1. The number of carbonyl (C=O) groups is 4. The van der Waals surface area contributed by atoms with E-state index in [0.29, 0.717) is 12.8 Å². The van der Waals surface area contributed by atoms with Gasteiger partial charge in [0, 0.05) is 12.8 Å². The Morgan fingerprint density at radius 3 is 1.53 bits per heavy atom. The molecule has 0 aliphatic heterocycles. The van der Waals surface area contributed by atoms with Gasteiger partial charge in [-0.1, -0.05) is 148 Å². The number of carbonyl (C=O) groups excluding carboxylic acids is 3. The van der Waals surface area contributed by atoms with Crippen LogP contribution in [-0.4, -0.2) is 59.3 Å². The van der Waals surface area contributed by atoms with Crippen LogP contribution in [0, 0.1) is 0 Å². The van der Waals surface area contributed by atoms with E-state index in [1.807, 2.05) is 0 Å². The summed E-state index contributed by atoms with van der Waals surface area (Å²) >= 11 is 0. The van der Waals surface area contributed by atoms with Crippen molar-refractivity contribution in [2.24, 2.45) is 0 Å². The zero-order chi connectivity index (χ0) is 39.0. The minimum Gasteiger partial charge on any atom is -0.480 e. The molecule has 0 fully saturated rings. The van der Waals surface area contributed by atoms with E-state index in [1.54, 1.807) is 0 Å². The molecular formula is C44H80N2O7. The van der Waals surface area contributed by atoms with E-state index in [0.717, 1.165) is 51.4 Å². The largest absolute Gasteiger partial charge is 0.480 e. The lowest BCUT2D eigenvalue weighted by Gasteiger charge is -2.15. The summed E-state index contributed by atoms with van der Waals surface area (Å²) in [6.45, 7) is 3.45. The van der Waals surface area contributed by atoms with Crippen LogP contribution in [0.4, 0.5) is 0 Å². The van der Waals surface area contributed by atoms with E-state index in [1.165, 1.54) is 122 Å². The second kappa shape index (κ2) is 39.0. The minimum atomic E-state index is -1.39. The molecule has 9 nitrogen and oxygen atoms in total. The number of esters is 1. The third kappa shape index (κ3) is 36.1. The molecule has 0 aromatic carbocycles. The van der Waals surface area contributed by atoms with Crippen LogP contribution < -0.4 is 10.6 Å². The molecule has 0 aromatic heterocycles. The van der Waals surface area contributed by atoms with Crippen molar-refractivity contribution in [2.75, 3.05) is 13.2 Å². The van der Waals surface area contributed by atoms with Crippen molar-refractivity contribution in [1.29, 1.82) is 0 Å². The first-order valence-electron chi connectivity index (χ1n) is 21.7. The number of nitrogens with one attached hydrogen (secondary N) is 2. The predicted molar refractivity (Wildman–Crippen MR) is 218 cm³/mol. The molecule has 0 saturated carbocycles. The Balaban J connectivity index is 4.27. The van der Waals surface area contributed by atoms with Crippen LogP contribution in [0.5, 0.6) is 0 Å². The molecule has 0 spiro atoms. The summed E-state index contributed by atoms with van der Waals surface area (Å²) in [4.78, 5) is 47.5. The average molecular weight is 749 g/mol. The number of aliphatic carboxylic acids is 1. The summed E-state index contributed by atoms with van der Waals surface area (Å²) in [5.41, 5.74) is 0. The molecule has 0 aromatic rings. The number of hydrogen-bond donors (Lipinski definition) is 4. The van der Waals surface area contributed by atoms with Gasteiger partial charge in [0.2, 0.25) is 11.8 Å². The quantitative estimate of drug-likeness (QED) is 0.0278. The molecule has 308 valence electrons. The number of aliphatic hydroxyl groups is 1. The van der Waals surface area contributed by atoms with Crippen molar-refractivity contribution < 1.29 is 34.1 Å². The van der Waals surface area contributed by atoms with Crippen molar-refractivity contribution in [2.45, 2.75) is 219 Å². The normalized spacial score (nSPS) is 12.7. The molecule has 9 heteroatoms. The molecule has 2 atom stereocenters. The number of amides is 2. The van der Waals surface area contributed by atoms with Gasteiger partial charge < -0.3 is 25.6 Å². The molecule has 4 N–H and O–H groups in total. The van der Waals surface area contributed by atoms with Gasteiger partial charge >= 0.3 is 11.9 Å². The maximum absolute atomic E-state index is 12.7. The van der Waals surface area contributed by atoms with Crippen LogP contribution in [0.2, 0.25) is 0 Å². The first kappa shape index (κ1) is 50.3. The summed E-state index contributed by atoms with van der Waals surface area (Å²) in [5, 5.41) is 22.5. The Hall–Kier alpha value is -2.68. The van der Waals surface area contributed by atoms with E-state index in [4.69, 9.17) is 14.9 Å². The Morgan fingerprint density at radius 1 is 0.566 bits per heavy atom. The van der Waals surface area contributed by atoms with Crippen LogP contribution in [0.25, 0.3) is 0 Å². The average Bonchev–Trinajstić information content (AvgIpc) is 3.14. The lowest BCUT2D eigenvalue weighted by atomic mass is 10.1. The fraction of sp³-hybridized carbons (Fsp3) is 0.818. The Kier molecular flexibility index (Phi) is 37.1. The molecule has 0 radical (unpaired) electrons. The molecule has 0 aliphatic carbocycles. The first-order chi connectivity index (χ1) is 25.8. The highest BCUT2D eigenvalue weighted by Crippen LogP contribution is 2.16. The molecular weight excluding hydrogens is 668 g/mol. The van der Waals surface area contributed by atoms with E-state index in [2.05, 4.69) is 48.8 Å². The monoisotopic (exact) mass is 749 g/mol. The Labute approximate surface area is 324 Å².